The van der Waals surface area contributed by atoms with Crippen molar-refractivity contribution >= 4 is 37.3 Å². The van der Waals surface area contributed by atoms with Crippen molar-refractivity contribution in [2.45, 2.75) is 89.8 Å². The van der Waals surface area contributed by atoms with Crippen molar-refractivity contribution in [1.29, 1.82) is 0 Å². The molecule has 3 heterocycles. The fourth-order valence-electron chi connectivity index (χ4n) is 8.25. The summed E-state index contributed by atoms with van der Waals surface area (Å²) in [5.41, 5.74) is 10.7. The van der Waals surface area contributed by atoms with E-state index in [9.17, 15) is 14.7 Å². The summed E-state index contributed by atoms with van der Waals surface area (Å²) in [7, 11) is -3.44. The van der Waals surface area contributed by atoms with E-state index in [-0.39, 0.29) is 24.3 Å². The number of aryl methyl sites for hydroxylation is 1. The highest BCUT2D eigenvalue weighted by Gasteiger charge is 2.66. The zero-order valence-corrected chi connectivity index (χ0v) is 33.6. The molecule has 290 valence electrons. The lowest BCUT2D eigenvalue weighted by molar-refractivity contribution is -0.145. The second-order valence-electron chi connectivity index (χ2n) is 15.7. The number of nitrogens with two attached hydrogens (primary N) is 1. The van der Waals surface area contributed by atoms with Gasteiger partial charge in [0.05, 0.1) is 30.0 Å². The number of ether oxygens (including phenoxy) is 1. The fourth-order valence-corrected chi connectivity index (χ4v) is 10.8. The summed E-state index contributed by atoms with van der Waals surface area (Å²) in [5, 5.41) is 21.9. The average molecular weight is 765 g/mol. The van der Waals surface area contributed by atoms with Gasteiger partial charge in [-0.05, 0) is 101 Å². The molecule has 2 amide bonds. The highest BCUT2D eigenvalue weighted by atomic mass is 28.4. The average Bonchev–Trinajstić information content (AvgIpc) is 3.80. The Bertz CT molecular complexity index is 2060. The van der Waals surface area contributed by atoms with Crippen molar-refractivity contribution < 1.29 is 23.5 Å². The lowest BCUT2D eigenvalue weighted by Crippen LogP contribution is -2.45. The van der Waals surface area contributed by atoms with Crippen LogP contribution in [0.3, 0.4) is 0 Å². The molecule has 0 saturated carbocycles. The predicted octanol–water partition coefficient (Wildman–Crippen LogP) is 8.14. The lowest BCUT2D eigenvalue weighted by atomic mass is 9.82. The molecule has 5 atom stereocenters. The van der Waals surface area contributed by atoms with E-state index in [2.05, 4.69) is 48.6 Å². The first-order chi connectivity index (χ1) is 26.2. The van der Waals surface area contributed by atoms with Crippen LogP contribution >= 0.6 is 0 Å². The minimum atomic E-state index is -3.44. The first-order valence-electron chi connectivity index (χ1n) is 19.1. The highest BCUT2D eigenvalue weighted by molar-refractivity contribution is 6.72. The van der Waals surface area contributed by atoms with Crippen LogP contribution in [0.1, 0.15) is 80.1 Å². The van der Waals surface area contributed by atoms with Crippen LogP contribution in [0.15, 0.2) is 102 Å². The molecule has 1 aromatic heterocycles. The number of nitrogens with zero attached hydrogens (tertiary/aromatic N) is 4. The van der Waals surface area contributed by atoms with Crippen molar-refractivity contribution in [2.75, 3.05) is 29.1 Å². The summed E-state index contributed by atoms with van der Waals surface area (Å²) in [5.74, 6) is -1.38. The first kappa shape index (κ1) is 39.8. The molecule has 12 heteroatoms. The molecule has 0 radical (unpaired) electrons. The van der Waals surface area contributed by atoms with Crippen molar-refractivity contribution in [1.82, 2.24) is 15.0 Å². The number of carbonyl (C=O) groups is 2. The van der Waals surface area contributed by atoms with Crippen LogP contribution < -0.4 is 16.0 Å². The number of aromatic nitrogens is 3. The standard InChI is InChI=1S/C43H53FN6O4Si/c1-28(2)11-10-12-29(3)21-24-50-38-20-19-34(46-41(52)32-15-17-33(45)18-16-32)25-36(38)43(42(50)53)30(4)40(55(5,6)44)39(54-43)22-23-49-26-37(47-48-49)35(27-51)31-13-8-7-9-14-31/h7-9,11,13-21,25-26,30,35,39-40,51H,10,12,22-24,27,45H2,1-6H3,(H,46,52)/b29-21+/t30-,35?,39+,40-,43+/m1/s1. The molecule has 0 bridgehead atoms. The Kier molecular flexibility index (Phi) is 11.9. The second kappa shape index (κ2) is 16.4. The monoisotopic (exact) mass is 764 g/mol. The van der Waals surface area contributed by atoms with Gasteiger partial charge in [0.1, 0.15) is 0 Å². The van der Waals surface area contributed by atoms with E-state index in [0.717, 1.165) is 24.0 Å². The van der Waals surface area contributed by atoms with Gasteiger partial charge in [-0.3, -0.25) is 14.3 Å². The number of fused-ring (bicyclic) bond motifs is 2. The van der Waals surface area contributed by atoms with Crippen LogP contribution in [0.25, 0.3) is 0 Å². The largest absolute Gasteiger partial charge is 0.399 e. The predicted molar refractivity (Wildman–Crippen MR) is 218 cm³/mol. The number of hydrogen-bond acceptors (Lipinski definition) is 7. The number of anilines is 3. The zero-order chi connectivity index (χ0) is 39.5. The highest BCUT2D eigenvalue weighted by Crippen LogP contribution is 2.60. The molecule has 1 unspecified atom stereocenters. The number of nitrogens with one attached hydrogen (secondary N) is 1. The molecule has 2 aliphatic rings. The quantitative estimate of drug-likeness (QED) is 0.0511. The summed E-state index contributed by atoms with van der Waals surface area (Å²) >= 11 is 0. The van der Waals surface area contributed by atoms with E-state index in [1.54, 1.807) is 53.0 Å². The molecule has 6 rings (SSSR count). The summed E-state index contributed by atoms with van der Waals surface area (Å²) in [6.07, 6.45) is 7.68. The minimum absolute atomic E-state index is 0.122. The normalized spacial score (nSPS) is 21.5. The van der Waals surface area contributed by atoms with Gasteiger partial charge in [0.2, 0.25) is 8.41 Å². The maximum Gasteiger partial charge on any atom is 0.264 e. The molecule has 4 N–H and O–H groups in total. The third kappa shape index (κ3) is 8.36. The Hall–Kier alpha value is -4.91. The van der Waals surface area contributed by atoms with E-state index < -0.39 is 31.6 Å². The van der Waals surface area contributed by atoms with Crippen LogP contribution in [0.5, 0.6) is 0 Å². The van der Waals surface area contributed by atoms with Crippen molar-refractivity contribution in [3.63, 3.8) is 0 Å². The van der Waals surface area contributed by atoms with Crippen molar-refractivity contribution in [3.05, 3.63) is 125 Å². The number of amides is 2. The zero-order valence-electron chi connectivity index (χ0n) is 32.6. The number of allylic oxidation sites excluding steroid dienone is 3. The minimum Gasteiger partial charge on any atom is -0.399 e. The molecule has 4 aromatic rings. The van der Waals surface area contributed by atoms with Gasteiger partial charge in [-0.2, -0.15) is 0 Å². The van der Waals surface area contributed by atoms with Gasteiger partial charge in [0.15, 0.2) is 5.60 Å². The number of aliphatic hydroxyl groups excluding tert-OH is 1. The summed E-state index contributed by atoms with van der Waals surface area (Å²) in [6, 6.07) is 21.8. The van der Waals surface area contributed by atoms with Crippen molar-refractivity contribution in [3.8, 4) is 0 Å². The Morgan fingerprint density at radius 1 is 1.09 bits per heavy atom. The molecule has 1 spiro atoms. The maximum atomic E-state index is 16.6. The third-order valence-corrected chi connectivity index (χ3v) is 13.5. The Morgan fingerprint density at radius 3 is 2.49 bits per heavy atom. The Morgan fingerprint density at radius 2 is 1.82 bits per heavy atom. The summed E-state index contributed by atoms with van der Waals surface area (Å²) in [4.78, 5) is 30.0. The van der Waals surface area contributed by atoms with Gasteiger partial charge in [-0.15, -0.1) is 5.10 Å². The molecular formula is C43H53FN6O4Si. The van der Waals surface area contributed by atoms with Gasteiger partial charge >= 0.3 is 0 Å². The number of benzene rings is 3. The molecule has 3 aromatic carbocycles. The molecule has 1 fully saturated rings. The lowest BCUT2D eigenvalue weighted by Gasteiger charge is -2.31. The third-order valence-electron chi connectivity index (χ3n) is 11.0. The fraction of sp³-hybridized carbons (Fsp3) is 0.395. The molecule has 55 heavy (non-hydrogen) atoms. The van der Waals surface area contributed by atoms with E-state index in [4.69, 9.17) is 10.5 Å². The van der Waals surface area contributed by atoms with Crippen LogP contribution in [0.4, 0.5) is 21.2 Å². The van der Waals surface area contributed by atoms with Crippen LogP contribution in [0.2, 0.25) is 18.6 Å². The SMILES string of the molecule is CC(C)=CCC/C(C)=C/CN1C(=O)[C@@]2(O[C@@H](CCn3cc(C(CO)c4ccccc4)nn3)[C@H]([Si](C)(C)F)[C@H]2C)c2cc(NC(=O)c3ccc(N)cc3)ccc21. The van der Waals surface area contributed by atoms with Crippen molar-refractivity contribution in [2.24, 2.45) is 5.92 Å². The van der Waals surface area contributed by atoms with Gasteiger partial charge < -0.3 is 29.9 Å². The van der Waals surface area contributed by atoms with Gasteiger partial charge in [0.25, 0.3) is 11.8 Å². The maximum absolute atomic E-state index is 16.6. The smallest absolute Gasteiger partial charge is 0.264 e. The number of rotatable bonds is 14. The van der Waals surface area contributed by atoms with Gasteiger partial charge in [-0.1, -0.05) is 65.8 Å². The van der Waals surface area contributed by atoms with E-state index in [0.29, 0.717) is 53.4 Å². The second-order valence-corrected chi connectivity index (χ2v) is 19.5. The number of carbonyl (C=O) groups excluding carboxylic acids is 2. The van der Waals surface area contributed by atoms with Crippen LogP contribution in [-0.2, 0) is 21.7 Å². The number of hydrogen-bond donors (Lipinski definition) is 3. The Balaban J connectivity index is 1.32. The number of aliphatic hydroxyl groups is 1. The summed E-state index contributed by atoms with van der Waals surface area (Å²) < 4.78 is 25.3. The van der Waals surface area contributed by atoms with Crippen LogP contribution in [0, 0.1) is 5.92 Å². The van der Waals surface area contributed by atoms with Crippen LogP contribution in [-0.4, -0.2) is 59.6 Å². The number of nitrogen functional groups attached to an aromatic ring is 1. The van der Waals surface area contributed by atoms with E-state index >= 15 is 4.11 Å². The molecule has 10 nitrogen and oxygen atoms in total. The molecule has 2 aliphatic heterocycles. The topological polar surface area (TPSA) is 136 Å². The van der Waals surface area contributed by atoms with E-state index in [1.807, 2.05) is 55.6 Å². The summed E-state index contributed by atoms with van der Waals surface area (Å²) in [6.45, 7) is 12.1. The Labute approximate surface area is 324 Å². The molecular weight excluding hydrogens is 712 g/mol. The van der Waals surface area contributed by atoms with E-state index in [1.165, 1.54) is 5.57 Å². The van der Waals surface area contributed by atoms with Gasteiger partial charge in [0, 0.05) is 53.2 Å². The molecule has 1 saturated heterocycles. The molecule has 0 aliphatic carbocycles. The number of halogens is 1. The van der Waals surface area contributed by atoms with Gasteiger partial charge in [-0.25, -0.2) is 0 Å². The first-order valence-corrected chi connectivity index (χ1v) is 22.0.